The molecule has 4 heteroatoms. The molecule has 1 aromatic rings. The maximum absolute atomic E-state index is 10.5. The summed E-state index contributed by atoms with van der Waals surface area (Å²) < 4.78 is 0. The maximum Gasteiger partial charge on any atom is 0.340 e. The molecule has 1 rings (SSSR count). The number of benzene rings is 1. The molecule has 0 aliphatic rings. The normalized spacial score (nSPS) is 7.36. The predicted molar refractivity (Wildman–Crippen MR) is 33.7 cm³/mol. The van der Waals surface area contributed by atoms with E-state index >= 15 is 0 Å². The molecule has 0 saturated carbocycles. The SMILES string of the molecule is [Br-].[Br-].[NH3+]C(=O)c1ccccc1. The van der Waals surface area contributed by atoms with Crippen molar-refractivity contribution in [2.75, 3.05) is 0 Å². The van der Waals surface area contributed by atoms with E-state index in [1.54, 1.807) is 12.1 Å². The van der Waals surface area contributed by atoms with Gasteiger partial charge in [-0.15, -0.1) is 0 Å². The lowest BCUT2D eigenvalue weighted by molar-refractivity contribution is -0.255. The third-order valence-electron chi connectivity index (χ3n) is 1.10. The summed E-state index contributed by atoms with van der Waals surface area (Å²) in [6.45, 7) is 0. The van der Waals surface area contributed by atoms with Gasteiger partial charge in [-0.3, -0.25) is 5.73 Å². The van der Waals surface area contributed by atoms with Crippen molar-refractivity contribution in [3.63, 3.8) is 0 Å². The summed E-state index contributed by atoms with van der Waals surface area (Å²) in [5.74, 6) is -0.129. The first kappa shape index (κ1) is 13.4. The molecule has 0 heterocycles. The van der Waals surface area contributed by atoms with Gasteiger partial charge in [0.1, 0.15) is 0 Å². The molecule has 0 radical (unpaired) electrons. The van der Waals surface area contributed by atoms with Crippen molar-refractivity contribution in [2.45, 2.75) is 0 Å². The largest absolute Gasteiger partial charge is 1.00 e. The molecule has 0 bridgehead atoms. The van der Waals surface area contributed by atoms with Crippen LogP contribution in [-0.4, -0.2) is 5.91 Å². The van der Waals surface area contributed by atoms with E-state index in [4.69, 9.17) is 0 Å². The lowest BCUT2D eigenvalue weighted by Crippen LogP contribution is -3.00. The molecular weight excluding hydrogens is 274 g/mol. The van der Waals surface area contributed by atoms with Gasteiger partial charge in [-0.2, -0.15) is 0 Å². The average Bonchev–Trinajstić information content (AvgIpc) is 1.90. The molecule has 2 nitrogen and oxygen atoms in total. The Bertz CT molecular complexity index is 213. The van der Waals surface area contributed by atoms with Crippen molar-refractivity contribution in [3.05, 3.63) is 35.9 Å². The molecule has 0 saturated heterocycles. The topological polar surface area (TPSA) is 44.7 Å². The van der Waals surface area contributed by atoms with Crippen LogP contribution in [0.5, 0.6) is 0 Å². The van der Waals surface area contributed by atoms with E-state index in [-0.39, 0.29) is 39.9 Å². The summed E-state index contributed by atoms with van der Waals surface area (Å²) in [5, 5.41) is 0. The van der Waals surface area contributed by atoms with E-state index < -0.39 is 0 Å². The van der Waals surface area contributed by atoms with Gasteiger partial charge < -0.3 is 34.0 Å². The van der Waals surface area contributed by atoms with Crippen molar-refractivity contribution >= 4 is 5.91 Å². The van der Waals surface area contributed by atoms with E-state index in [0.29, 0.717) is 5.56 Å². The Morgan fingerprint density at radius 2 is 1.55 bits per heavy atom. The highest BCUT2D eigenvalue weighted by Crippen LogP contribution is 1.93. The van der Waals surface area contributed by atoms with E-state index in [1.165, 1.54) is 0 Å². The molecule has 0 spiro atoms. The monoisotopic (exact) mass is 280 g/mol. The van der Waals surface area contributed by atoms with E-state index in [9.17, 15) is 4.79 Å². The molecule has 0 aliphatic heterocycles. The molecular formula is C7H8Br2NO-. The molecule has 1 aromatic carbocycles. The molecule has 1 amide bonds. The fraction of sp³-hybridized carbons (Fsp3) is 0. The molecule has 0 fully saturated rings. The number of carbonyl (C=O) groups excluding carboxylic acids is 1. The van der Waals surface area contributed by atoms with Crippen LogP contribution in [0, 0.1) is 0 Å². The van der Waals surface area contributed by atoms with Crippen LogP contribution >= 0.6 is 0 Å². The van der Waals surface area contributed by atoms with Crippen molar-refractivity contribution in [1.82, 2.24) is 0 Å². The smallest absolute Gasteiger partial charge is 0.340 e. The summed E-state index contributed by atoms with van der Waals surface area (Å²) >= 11 is 0. The molecule has 11 heavy (non-hydrogen) atoms. The maximum atomic E-state index is 10.5. The molecule has 0 unspecified atom stereocenters. The van der Waals surface area contributed by atoms with Gasteiger partial charge in [-0.1, -0.05) is 18.2 Å². The van der Waals surface area contributed by atoms with Crippen molar-refractivity contribution in [3.8, 4) is 0 Å². The second-order valence-corrected chi connectivity index (χ2v) is 1.79. The van der Waals surface area contributed by atoms with E-state index in [2.05, 4.69) is 5.73 Å². The predicted octanol–water partition coefficient (Wildman–Crippen LogP) is -5.92. The molecule has 0 aliphatic carbocycles. The lowest BCUT2D eigenvalue weighted by atomic mass is 10.2. The van der Waals surface area contributed by atoms with Crippen molar-refractivity contribution in [2.24, 2.45) is 0 Å². The molecule has 3 N–H and O–H groups in total. The number of quaternary nitrogens is 1. The third-order valence-corrected chi connectivity index (χ3v) is 1.10. The fourth-order valence-electron chi connectivity index (χ4n) is 0.624. The quantitative estimate of drug-likeness (QED) is 0.548. The number of amides is 1. The Labute approximate surface area is 86.3 Å². The van der Waals surface area contributed by atoms with Gasteiger partial charge in [0, 0.05) is 0 Å². The van der Waals surface area contributed by atoms with Crippen LogP contribution < -0.4 is 39.7 Å². The van der Waals surface area contributed by atoms with Gasteiger partial charge in [-0.25, -0.2) is 4.79 Å². The third kappa shape index (κ3) is 4.29. The molecule has 62 valence electrons. The minimum absolute atomic E-state index is 0. The Kier molecular flexibility index (Phi) is 7.94. The van der Waals surface area contributed by atoms with Crippen LogP contribution in [0.4, 0.5) is 0 Å². The van der Waals surface area contributed by atoms with Gasteiger partial charge in [-0.05, 0) is 12.1 Å². The second-order valence-electron chi connectivity index (χ2n) is 1.79. The first-order valence-electron chi connectivity index (χ1n) is 2.72. The second kappa shape index (κ2) is 6.52. The van der Waals surface area contributed by atoms with Crippen LogP contribution in [-0.2, 0) is 0 Å². The molecule has 0 aromatic heterocycles. The van der Waals surface area contributed by atoms with E-state index in [0.717, 1.165) is 0 Å². The average molecular weight is 282 g/mol. The Morgan fingerprint density at radius 3 is 1.82 bits per heavy atom. The number of hydrogen-bond acceptors (Lipinski definition) is 1. The molecule has 0 atom stereocenters. The van der Waals surface area contributed by atoms with Crippen LogP contribution in [0.3, 0.4) is 0 Å². The minimum atomic E-state index is -0.129. The first-order chi connectivity index (χ1) is 4.30. The fourth-order valence-corrected chi connectivity index (χ4v) is 0.624. The first-order valence-corrected chi connectivity index (χ1v) is 2.72. The zero-order chi connectivity index (χ0) is 6.69. The Morgan fingerprint density at radius 1 is 1.09 bits per heavy atom. The Hall–Kier alpha value is -0.190. The highest BCUT2D eigenvalue weighted by Gasteiger charge is 1.98. The van der Waals surface area contributed by atoms with Crippen molar-refractivity contribution < 1.29 is 44.5 Å². The van der Waals surface area contributed by atoms with Crippen LogP contribution in [0.15, 0.2) is 30.3 Å². The zero-order valence-electron chi connectivity index (χ0n) is 5.76. The van der Waals surface area contributed by atoms with Crippen molar-refractivity contribution in [1.29, 1.82) is 0 Å². The van der Waals surface area contributed by atoms with Crippen LogP contribution in [0.1, 0.15) is 10.4 Å². The minimum Gasteiger partial charge on any atom is -1.00 e. The van der Waals surface area contributed by atoms with E-state index in [1.807, 2.05) is 18.2 Å². The van der Waals surface area contributed by atoms with Crippen LogP contribution in [0.2, 0.25) is 0 Å². The number of carbonyl (C=O) groups is 1. The van der Waals surface area contributed by atoms with Crippen LogP contribution in [0.25, 0.3) is 0 Å². The summed E-state index contributed by atoms with van der Waals surface area (Å²) in [5.41, 5.74) is 3.93. The summed E-state index contributed by atoms with van der Waals surface area (Å²) in [4.78, 5) is 10.5. The number of hydrogen-bond donors (Lipinski definition) is 1. The zero-order valence-corrected chi connectivity index (χ0v) is 8.93. The van der Waals surface area contributed by atoms with Gasteiger partial charge >= 0.3 is 5.91 Å². The van der Waals surface area contributed by atoms with Gasteiger partial charge in [0.05, 0.1) is 5.56 Å². The Balaban J connectivity index is 0. The lowest BCUT2D eigenvalue weighted by Gasteiger charge is -1.85. The number of halogens is 2. The van der Waals surface area contributed by atoms with Gasteiger partial charge in [0.2, 0.25) is 0 Å². The summed E-state index contributed by atoms with van der Waals surface area (Å²) in [6.07, 6.45) is 0. The standard InChI is InChI=1S/C7H7NO.2BrH/c8-7(9)6-4-2-1-3-5-6;;/h1-5H,(H2,8,9);2*1H/p-1. The highest BCUT2D eigenvalue weighted by molar-refractivity contribution is 5.85. The van der Waals surface area contributed by atoms with Gasteiger partial charge in [0.15, 0.2) is 0 Å². The summed E-state index contributed by atoms with van der Waals surface area (Å²) in [6, 6.07) is 8.99. The number of rotatable bonds is 1. The summed E-state index contributed by atoms with van der Waals surface area (Å²) in [7, 11) is 0. The van der Waals surface area contributed by atoms with Gasteiger partial charge in [0.25, 0.3) is 0 Å². The highest BCUT2D eigenvalue weighted by atomic mass is 79.9.